The molecule has 3 rings (SSSR count). The van der Waals surface area contributed by atoms with Crippen molar-refractivity contribution in [3.8, 4) is 5.69 Å². The zero-order chi connectivity index (χ0) is 12.5. The molecule has 0 aliphatic carbocycles. The Kier molecular flexibility index (Phi) is 2.68. The molecular weight excluding hydrogens is 246 g/mol. The SMILES string of the molecule is CCc1ccc(-n2ncc3cnsc3c2=O)cc1. The molecule has 0 aliphatic rings. The molecular formula is C13H11N3OS. The van der Waals surface area contributed by atoms with E-state index in [-0.39, 0.29) is 5.56 Å². The quantitative estimate of drug-likeness (QED) is 0.708. The Morgan fingerprint density at radius 3 is 2.72 bits per heavy atom. The number of hydrogen-bond acceptors (Lipinski definition) is 4. The third kappa shape index (κ3) is 1.73. The molecule has 18 heavy (non-hydrogen) atoms. The zero-order valence-electron chi connectivity index (χ0n) is 9.83. The fourth-order valence-corrected chi connectivity index (χ4v) is 2.47. The van der Waals surface area contributed by atoms with Gasteiger partial charge in [0.15, 0.2) is 0 Å². The van der Waals surface area contributed by atoms with Crippen molar-refractivity contribution in [3.63, 3.8) is 0 Å². The van der Waals surface area contributed by atoms with Gasteiger partial charge in [-0.1, -0.05) is 19.1 Å². The van der Waals surface area contributed by atoms with E-state index in [0.717, 1.165) is 17.5 Å². The van der Waals surface area contributed by atoms with Crippen molar-refractivity contribution < 1.29 is 0 Å². The van der Waals surface area contributed by atoms with E-state index in [2.05, 4.69) is 16.4 Å². The molecule has 2 heterocycles. The molecule has 0 saturated carbocycles. The first-order valence-electron chi connectivity index (χ1n) is 5.71. The lowest BCUT2D eigenvalue weighted by atomic mass is 10.1. The second-order valence-corrected chi connectivity index (χ2v) is 4.79. The van der Waals surface area contributed by atoms with E-state index < -0.39 is 0 Å². The van der Waals surface area contributed by atoms with Crippen molar-refractivity contribution >= 4 is 21.6 Å². The van der Waals surface area contributed by atoms with Crippen LogP contribution in [0.25, 0.3) is 15.8 Å². The number of aromatic nitrogens is 3. The molecule has 3 aromatic rings. The molecule has 0 unspecified atom stereocenters. The smallest absolute Gasteiger partial charge is 0.266 e. The number of aryl methyl sites for hydroxylation is 1. The predicted octanol–water partition coefficient (Wildman–Crippen LogP) is 2.40. The van der Waals surface area contributed by atoms with Crippen LogP contribution in [-0.4, -0.2) is 14.2 Å². The molecule has 0 atom stereocenters. The predicted molar refractivity (Wildman–Crippen MR) is 72.4 cm³/mol. The summed E-state index contributed by atoms with van der Waals surface area (Å²) >= 11 is 1.21. The van der Waals surface area contributed by atoms with Crippen molar-refractivity contribution in [1.29, 1.82) is 0 Å². The third-order valence-corrected chi connectivity index (χ3v) is 3.69. The van der Waals surface area contributed by atoms with Crippen molar-refractivity contribution in [2.24, 2.45) is 0 Å². The summed E-state index contributed by atoms with van der Waals surface area (Å²) in [6.07, 6.45) is 4.32. The minimum absolute atomic E-state index is 0.112. The second kappa shape index (κ2) is 4.34. The number of hydrogen-bond donors (Lipinski definition) is 0. The van der Waals surface area contributed by atoms with E-state index in [4.69, 9.17) is 0 Å². The van der Waals surface area contributed by atoms with Gasteiger partial charge in [0.1, 0.15) is 4.70 Å². The van der Waals surface area contributed by atoms with E-state index >= 15 is 0 Å². The lowest BCUT2D eigenvalue weighted by Crippen LogP contribution is -2.19. The first-order chi connectivity index (χ1) is 8.79. The van der Waals surface area contributed by atoms with Crippen LogP contribution in [0.3, 0.4) is 0 Å². The lowest BCUT2D eigenvalue weighted by molar-refractivity contribution is 0.822. The Morgan fingerprint density at radius 2 is 2.00 bits per heavy atom. The number of benzene rings is 1. The zero-order valence-corrected chi connectivity index (χ0v) is 10.6. The number of rotatable bonds is 2. The van der Waals surface area contributed by atoms with Gasteiger partial charge in [-0.15, -0.1) is 0 Å². The van der Waals surface area contributed by atoms with Crippen LogP contribution in [0.5, 0.6) is 0 Å². The highest BCUT2D eigenvalue weighted by molar-refractivity contribution is 7.13. The first-order valence-corrected chi connectivity index (χ1v) is 6.49. The van der Waals surface area contributed by atoms with Crippen LogP contribution in [-0.2, 0) is 6.42 Å². The van der Waals surface area contributed by atoms with Crippen LogP contribution in [0.2, 0.25) is 0 Å². The summed E-state index contributed by atoms with van der Waals surface area (Å²) in [7, 11) is 0. The normalized spacial score (nSPS) is 10.9. The van der Waals surface area contributed by atoms with Crippen LogP contribution in [0.4, 0.5) is 0 Å². The van der Waals surface area contributed by atoms with Crippen molar-refractivity contribution in [2.45, 2.75) is 13.3 Å². The summed E-state index contributed by atoms with van der Waals surface area (Å²) in [6, 6.07) is 7.86. The summed E-state index contributed by atoms with van der Waals surface area (Å²) in [5.41, 5.74) is 1.91. The maximum Gasteiger partial charge on any atom is 0.291 e. The molecule has 0 amide bonds. The van der Waals surface area contributed by atoms with E-state index in [1.54, 1.807) is 12.4 Å². The molecule has 0 spiro atoms. The van der Waals surface area contributed by atoms with Crippen LogP contribution in [0.1, 0.15) is 12.5 Å². The molecule has 0 bridgehead atoms. The van der Waals surface area contributed by atoms with Gasteiger partial charge in [-0.25, -0.2) is 0 Å². The fourth-order valence-electron chi connectivity index (χ4n) is 1.83. The lowest BCUT2D eigenvalue weighted by Gasteiger charge is -2.04. The largest absolute Gasteiger partial charge is 0.291 e. The van der Waals surface area contributed by atoms with Gasteiger partial charge in [0.2, 0.25) is 0 Å². The van der Waals surface area contributed by atoms with Gasteiger partial charge in [-0.2, -0.15) is 14.2 Å². The van der Waals surface area contributed by atoms with Gasteiger partial charge < -0.3 is 0 Å². The Bertz CT molecular complexity index is 743. The second-order valence-electron chi connectivity index (χ2n) is 3.99. The molecule has 0 saturated heterocycles. The summed E-state index contributed by atoms with van der Waals surface area (Å²) in [5, 5.41) is 4.97. The highest BCUT2D eigenvalue weighted by Crippen LogP contribution is 2.13. The molecule has 0 fully saturated rings. The molecule has 0 aliphatic heterocycles. The van der Waals surface area contributed by atoms with E-state index in [1.807, 2.05) is 24.3 Å². The van der Waals surface area contributed by atoms with Gasteiger partial charge in [-0.3, -0.25) is 4.79 Å². The van der Waals surface area contributed by atoms with Gasteiger partial charge in [0.25, 0.3) is 5.56 Å². The van der Waals surface area contributed by atoms with E-state index in [9.17, 15) is 4.79 Å². The van der Waals surface area contributed by atoms with Gasteiger partial charge in [-0.05, 0) is 35.6 Å². The number of fused-ring (bicyclic) bond motifs is 1. The van der Waals surface area contributed by atoms with Crippen molar-refractivity contribution in [2.75, 3.05) is 0 Å². The maximum absolute atomic E-state index is 12.2. The van der Waals surface area contributed by atoms with E-state index in [1.165, 1.54) is 21.8 Å². The summed E-state index contributed by atoms with van der Waals surface area (Å²) in [4.78, 5) is 12.2. The topological polar surface area (TPSA) is 47.8 Å². The number of nitrogens with zero attached hydrogens (tertiary/aromatic N) is 3. The van der Waals surface area contributed by atoms with Gasteiger partial charge in [0, 0.05) is 5.39 Å². The minimum atomic E-state index is -0.112. The molecule has 4 nitrogen and oxygen atoms in total. The average Bonchev–Trinajstić information content (AvgIpc) is 2.89. The Balaban J connectivity index is 2.18. The monoisotopic (exact) mass is 257 g/mol. The summed E-state index contributed by atoms with van der Waals surface area (Å²) in [5.74, 6) is 0. The molecule has 5 heteroatoms. The van der Waals surface area contributed by atoms with Crippen LogP contribution in [0.15, 0.2) is 41.5 Å². The maximum atomic E-state index is 12.2. The van der Waals surface area contributed by atoms with Gasteiger partial charge >= 0.3 is 0 Å². The van der Waals surface area contributed by atoms with Crippen molar-refractivity contribution in [3.05, 3.63) is 52.6 Å². The Hall–Kier alpha value is -2.01. The summed E-state index contributed by atoms with van der Waals surface area (Å²) < 4.78 is 6.07. The highest BCUT2D eigenvalue weighted by Gasteiger charge is 2.07. The Labute approximate surface area is 108 Å². The van der Waals surface area contributed by atoms with Crippen LogP contribution < -0.4 is 5.56 Å². The first kappa shape index (κ1) is 11.1. The fraction of sp³-hybridized carbons (Fsp3) is 0.154. The summed E-state index contributed by atoms with van der Waals surface area (Å²) in [6.45, 7) is 2.10. The van der Waals surface area contributed by atoms with E-state index in [0.29, 0.717) is 4.70 Å². The standard InChI is InChI=1S/C13H11N3OS/c1-2-9-3-5-11(6-4-9)16-13(17)12-10(7-14-16)8-15-18-12/h3-8H,2H2,1H3. The Morgan fingerprint density at radius 1 is 1.22 bits per heavy atom. The molecule has 0 radical (unpaired) electrons. The van der Waals surface area contributed by atoms with Crippen LogP contribution in [0, 0.1) is 0 Å². The molecule has 0 N–H and O–H groups in total. The molecule has 1 aromatic carbocycles. The third-order valence-electron chi connectivity index (χ3n) is 2.89. The van der Waals surface area contributed by atoms with Gasteiger partial charge in [0.05, 0.1) is 18.1 Å². The highest BCUT2D eigenvalue weighted by atomic mass is 32.1. The average molecular weight is 257 g/mol. The molecule has 90 valence electrons. The minimum Gasteiger partial charge on any atom is -0.266 e. The van der Waals surface area contributed by atoms with Crippen molar-refractivity contribution in [1.82, 2.24) is 14.2 Å². The molecule has 2 aromatic heterocycles. The van der Waals surface area contributed by atoms with Crippen LogP contribution >= 0.6 is 11.5 Å².